The van der Waals surface area contributed by atoms with Gasteiger partial charge >= 0.3 is 6.03 Å². The van der Waals surface area contributed by atoms with Gasteiger partial charge in [0.1, 0.15) is 0 Å². The van der Waals surface area contributed by atoms with E-state index in [0.29, 0.717) is 0 Å². The molecule has 4 heteroatoms. The number of carbonyl (C=O) groups excluding carboxylic acids is 1. The average Bonchev–Trinajstić information content (AvgIpc) is 3.02. The second-order valence-corrected chi connectivity index (χ2v) is 6.09. The molecular weight excluding hydrogens is 280 g/mol. The van der Waals surface area contributed by atoms with Gasteiger partial charge in [0.2, 0.25) is 0 Å². The highest BCUT2D eigenvalue weighted by molar-refractivity contribution is 7.10. The van der Waals surface area contributed by atoms with Gasteiger partial charge in [-0.2, -0.15) is 0 Å². The molecule has 3 nitrogen and oxygen atoms in total. The number of carbonyl (C=O) groups is 1. The van der Waals surface area contributed by atoms with Crippen LogP contribution in [0.25, 0.3) is 0 Å². The molecule has 0 aliphatic heterocycles. The minimum Gasteiger partial charge on any atom is -0.331 e. The highest BCUT2D eigenvalue weighted by atomic mass is 32.1. The largest absolute Gasteiger partial charge is 0.331 e. The van der Waals surface area contributed by atoms with E-state index < -0.39 is 0 Å². The Morgan fingerprint density at radius 1 is 1.14 bits per heavy atom. The number of amides is 2. The van der Waals surface area contributed by atoms with Gasteiger partial charge in [-0.1, -0.05) is 49.7 Å². The second kappa shape index (κ2) is 7.84. The normalized spacial score (nSPS) is 13.4. The molecule has 0 aliphatic rings. The number of benzene rings is 1. The van der Waals surface area contributed by atoms with Crippen LogP contribution in [0.15, 0.2) is 47.8 Å². The molecule has 1 aromatic heterocycles. The van der Waals surface area contributed by atoms with Crippen molar-refractivity contribution in [2.75, 3.05) is 0 Å². The third-order valence-corrected chi connectivity index (χ3v) is 4.46. The van der Waals surface area contributed by atoms with E-state index in [9.17, 15) is 4.79 Å². The van der Waals surface area contributed by atoms with Crippen molar-refractivity contribution in [2.45, 2.75) is 38.8 Å². The second-order valence-electron chi connectivity index (χ2n) is 5.11. The number of urea groups is 1. The quantitative estimate of drug-likeness (QED) is 0.801. The Morgan fingerprint density at radius 2 is 1.90 bits per heavy atom. The predicted octanol–water partition coefficient (Wildman–Crippen LogP) is 4.65. The van der Waals surface area contributed by atoms with E-state index in [-0.39, 0.29) is 18.1 Å². The van der Waals surface area contributed by atoms with Crippen LogP contribution in [0.2, 0.25) is 0 Å². The zero-order chi connectivity index (χ0) is 15.1. The zero-order valence-corrected chi connectivity index (χ0v) is 13.3. The number of nitrogens with one attached hydrogen (secondary N) is 2. The fraction of sp³-hybridized carbons (Fsp3) is 0.353. The standard InChI is InChI=1S/C17H22N2OS/c1-3-8-15(14-9-5-4-6-10-14)19-17(20)18-13(2)16-11-7-12-21-16/h4-7,9-13,15H,3,8H2,1-2H3,(H2,18,19,20)/t13-,15+/m1/s1. The molecule has 2 N–H and O–H groups in total. The average molecular weight is 302 g/mol. The zero-order valence-electron chi connectivity index (χ0n) is 12.5. The van der Waals surface area contributed by atoms with Crippen molar-refractivity contribution in [3.8, 4) is 0 Å². The molecule has 2 aromatic rings. The van der Waals surface area contributed by atoms with Gasteiger partial charge in [-0.05, 0) is 30.4 Å². The molecule has 0 spiro atoms. The maximum atomic E-state index is 12.2. The summed E-state index contributed by atoms with van der Waals surface area (Å²) in [5.74, 6) is 0. The van der Waals surface area contributed by atoms with Gasteiger partial charge in [0.15, 0.2) is 0 Å². The molecule has 2 atom stereocenters. The Morgan fingerprint density at radius 3 is 2.52 bits per heavy atom. The Kier molecular flexibility index (Phi) is 5.81. The third kappa shape index (κ3) is 4.60. The summed E-state index contributed by atoms with van der Waals surface area (Å²) in [5, 5.41) is 8.11. The van der Waals surface area contributed by atoms with Gasteiger partial charge in [0.05, 0.1) is 12.1 Å². The van der Waals surface area contributed by atoms with Crippen LogP contribution in [0.1, 0.15) is 49.2 Å². The summed E-state index contributed by atoms with van der Waals surface area (Å²) >= 11 is 1.66. The fourth-order valence-electron chi connectivity index (χ4n) is 2.30. The summed E-state index contributed by atoms with van der Waals surface area (Å²) in [4.78, 5) is 13.4. The summed E-state index contributed by atoms with van der Waals surface area (Å²) in [7, 11) is 0. The molecule has 0 saturated heterocycles. The van der Waals surface area contributed by atoms with Crippen LogP contribution in [-0.4, -0.2) is 6.03 Å². The molecule has 0 unspecified atom stereocenters. The summed E-state index contributed by atoms with van der Waals surface area (Å²) < 4.78 is 0. The van der Waals surface area contributed by atoms with E-state index >= 15 is 0 Å². The van der Waals surface area contributed by atoms with Gasteiger partial charge in [0, 0.05) is 4.88 Å². The minimum absolute atomic E-state index is 0.0306. The van der Waals surface area contributed by atoms with Gasteiger partial charge < -0.3 is 10.6 Å². The van der Waals surface area contributed by atoms with Crippen molar-refractivity contribution in [1.82, 2.24) is 10.6 Å². The van der Waals surface area contributed by atoms with E-state index in [1.807, 2.05) is 42.6 Å². The van der Waals surface area contributed by atoms with Gasteiger partial charge in [-0.15, -0.1) is 11.3 Å². The molecular formula is C17H22N2OS. The first-order valence-electron chi connectivity index (χ1n) is 7.36. The van der Waals surface area contributed by atoms with Crippen molar-refractivity contribution in [3.63, 3.8) is 0 Å². The van der Waals surface area contributed by atoms with Crippen LogP contribution >= 0.6 is 11.3 Å². The number of thiophene rings is 1. The van der Waals surface area contributed by atoms with Gasteiger partial charge in [-0.3, -0.25) is 0 Å². The Labute approximate surface area is 130 Å². The van der Waals surface area contributed by atoms with Crippen LogP contribution in [0.4, 0.5) is 4.79 Å². The van der Waals surface area contributed by atoms with Crippen molar-refractivity contribution in [2.24, 2.45) is 0 Å². The van der Waals surface area contributed by atoms with Crippen LogP contribution in [0.3, 0.4) is 0 Å². The summed E-state index contributed by atoms with van der Waals surface area (Å²) in [6.45, 7) is 4.13. The van der Waals surface area contributed by atoms with Crippen LogP contribution in [0.5, 0.6) is 0 Å². The molecule has 0 radical (unpaired) electrons. The van der Waals surface area contributed by atoms with Crippen LogP contribution in [-0.2, 0) is 0 Å². The Bertz CT molecular complexity index is 539. The Balaban J connectivity index is 1.95. The number of rotatable bonds is 6. The van der Waals surface area contributed by atoms with E-state index in [2.05, 4.69) is 29.7 Å². The third-order valence-electron chi connectivity index (χ3n) is 3.40. The van der Waals surface area contributed by atoms with Gasteiger partial charge in [-0.25, -0.2) is 4.79 Å². The number of hydrogen-bond donors (Lipinski definition) is 2. The molecule has 1 heterocycles. The minimum atomic E-state index is -0.113. The first-order chi connectivity index (χ1) is 10.2. The van der Waals surface area contributed by atoms with Gasteiger partial charge in [0.25, 0.3) is 0 Å². The van der Waals surface area contributed by atoms with Crippen molar-refractivity contribution in [3.05, 3.63) is 58.3 Å². The first kappa shape index (κ1) is 15.6. The van der Waals surface area contributed by atoms with E-state index in [0.717, 1.165) is 23.3 Å². The topological polar surface area (TPSA) is 41.1 Å². The van der Waals surface area contributed by atoms with E-state index in [1.54, 1.807) is 11.3 Å². The molecule has 1 aromatic carbocycles. The lowest BCUT2D eigenvalue weighted by Gasteiger charge is -2.21. The predicted molar refractivity (Wildman–Crippen MR) is 88.5 cm³/mol. The smallest absolute Gasteiger partial charge is 0.315 e. The molecule has 0 bridgehead atoms. The molecule has 0 saturated carbocycles. The lowest BCUT2D eigenvalue weighted by atomic mass is 10.0. The first-order valence-corrected chi connectivity index (χ1v) is 8.24. The Hall–Kier alpha value is -1.81. The number of hydrogen-bond acceptors (Lipinski definition) is 2. The van der Waals surface area contributed by atoms with Crippen molar-refractivity contribution >= 4 is 17.4 Å². The lowest BCUT2D eigenvalue weighted by molar-refractivity contribution is 0.233. The molecule has 21 heavy (non-hydrogen) atoms. The molecule has 0 fully saturated rings. The monoisotopic (exact) mass is 302 g/mol. The SMILES string of the molecule is CCC[C@H](NC(=O)N[C@H](C)c1cccs1)c1ccccc1. The van der Waals surface area contributed by atoms with Crippen LogP contribution < -0.4 is 10.6 Å². The summed E-state index contributed by atoms with van der Waals surface area (Å²) in [5.41, 5.74) is 1.15. The maximum absolute atomic E-state index is 12.2. The van der Waals surface area contributed by atoms with Crippen molar-refractivity contribution < 1.29 is 4.79 Å². The molecule has 2 amide bonds. The molecule has 2 rings (SSSR count). The van der Waals surface area contributed by atoms with E-state index in [4.69, 9.17) is 0 Å². The highest BCUT2D eigenvalue weighted by Crippen LogP contribution is 2.20. The summed E-state index contributed by atoms with van der Waals surface area (Å²) in [6, 6.07) is 14.1. The molecule has 0 aliphatic carbocycles. The maximum Gasteiger partial charge on any atom is 0.315 e. The van der Waals surface area contributed by atoms with E-state index in [1.165, 1.54) is 0 Å². The summed E-state index contributed by atoms with van der Waals surface area (Å²) in [6.07, 6.45) is 1.96. The highest BCUT2D eigenvalue weighted by Gasteiger charge is 2.15. The molecule has 112 valence electrons. The fourth-order valence-corrected chi connectivity index (χ4v) is 3.04. The van der Waals surface area contributed by atoms with Crippen LogP contribution in [0, 0.1) is 0 Å². The lowest BCUT2D eigenvalue weighted by Crippen LogP contribution is -2.39. The van der Waals surface area contributed by atoms with Crippen molar-refractivity contribution in [1.29, 1.82) is 0 Å².